The van der Waals surface area contributed by atoms with E-state index >= 15 is 0 Å². The zero-order valence-electron chi connectivity index (χ0n) is 19.8. The summed E-state index contributed by atoms with van der Waals surface area (Å²) in [4.78, 5) is 18.3. The minimum atomic E-state index is 0.227. The van der Waals surface area contributed by atoms with Crippen LogP contribution in [-0.4, -0.2) is 48.5 Å². The molecule has 0 unspecified atom stereocenters. The predicted molar refractivity (Wildman–Crippen MR) is 130 cm³/mol. The lowest BCUT2D eigenvalue weighted by molar-refractivity contribution is -0.134. The summed E-state index contributed by atoms with van der Waals surface area (Å²) >= 11 is 0. The number of carbonyl (C=O) groups is 1. The molecule has 2 fully saturated rings. The second-order valence-electron chi connectivity index (χ2n) is 9.71. The van der Waals surface area contributed by atoms with Crippen LogP contribution < -0.4 is 4.74 Å². The summed E-state index contributed by atoms with van der Waals surface area (Å²) in [5.41, 5.74) is 3.51. The van der Waals surface area contributed by atoms with Crippen LogP contribution in [0.5, 0.6) is 5.75 Å². The van der Waals surface area contributed by atoms with Crippen molar-refractivity contribution in [3.63, 3.8) is 0 Å². The molecule has 0 spiro atoms. The summed E-state index contributed by atoms with van der Waals surface area (Å²) in [5, 5.41) is 0. The Morgan fingerprint density at radius 2 is 1.56 bits per heavy atom. The quantitative estimate of drug-likeness (QED) is 0.570. The molecule has 0 radical (unpaired) electrons. The number of rotatable bonds is 8. The first-order valence-corrected chi connectivity index (χ1v) is 12.3. The largest absolute Gasteiger partial charge is 0.497 e. The molecule has 4 heteroatoms. The van der Waals surface area contributed by atoms with Gasteiger partial charge < -0.3 is 14.5 Å². The zero-order chi connectivity index (χ0) is 22.3. The molecule has 0 N–H and O–H groups in total. The minimum Gasteiger partial charge on any atom is -0.497 e. The first kappa shape index (κ1) is 22.8. The fourth-order valence-corrected chi connectivity index (χ4v) is 5.30. The normalized spacial score (nSPS) is 18.1. The monoisotopic (exact) mass is 434 g/mol. The van der Waals surface area contributed by atoms with Crippen molar-refractivity contribution < 1.29 is 9.53 Å². The van der Waals surface area contributed by atoms with Crippen LogP contribution in [0.2, 0.25) is 0 Å². The molecule has 2 aromatic rings. The SMILES string of the molecule is COc1ccc(CC(=O)N(Cc2ccc(C)cc2)C2CCN(CC3CCCC3)CC2)cc1. The van der Waals surface area contributed by atoms with Crippen molar-refractivity contribution in [2.75, 3.05) is 26.7 Å². The van der Waals surface area contributed by atoms with Crippen LogP contribution in [0.4, 0.5) is 0 Å². The smallest absolute Gasteiger partial charge is 0.227 e. The van der Waals surface area contributed by atoms with Crippen LogP contribution in [0.3, 0.4) is 0 Å². The Bertz CT molecular complexity index is 848. The van der Waals surface area contributed by atoms with Crippen LogP contribution in [0.25, 0.3) is 0 Å². The number of methoxy groups -OCH3 is 1. The van der Waals surface area contributed by atoms with Crippen molar-refractivity contribution in [3.05, 3.63) is 65.2 Å². The van der Waals surface area contributed by atoms with Gasteiger partial charge in [0.25, 0.3) is 0 Å². The van der Waals surface area contributed by atoms with Gasteiger partial charge in [0.2, 0.25) is 5.91 Å². The Balaban J connectivity index is 1.42. The topological polar surface area (TPSA) is 32.8 Å². The molecule has 172 valence electrons. The fraction of sp³-hybridized carbons (Fsp3) is 0.536. The Morgan fingerprint density at radius 1 is 0.938 bits per heavy atom. The molecule has 0 atom stereocenters. The lowest BCUT2D eigenvalue weighted by Crippen LogP contribution is -2.48. The maximum absolute atomic E-state index is 13.5. The molecule has 1 saturated carbocycles. The molecule has 1 saturated heterocycles. The number of piperidine rings is 1. The van der Waals surface area contributed by atoms with E-state index in [1.165, 1.54) is 43.4 Å². The third kappa shape index (κ3) is 6.13. The highest BCUT2D eigenvalue weighted by Crippen LogP contribution is 2.28. The summed E-state index contributed by atoms with van der Waals surface area (Å²) in [6.07, 6.45) is 8.22. The van der Waals surface area contributed by atoms with Gasteiger partial charge in [0.15, 0.2) is 0 Å². The van der Waals surface area contributed by atoms with Crippen molar-refractivity contribution >= 4 is 5.91 Å². The van der Waals surface area contributed by atoms with E-state index < -0.39 is 0 Å². The van der Waals surface area contributed by atoms with Crippen molar-refractivity contribution in [2.45, 2.75) is 64.5 Å². The number of hydrogen-bond acceptors (Lipinski definition) is 3. The molecular weight excluding hydrogens is 396 g/mol. The van der Waals surface area contributed by atoms with Crippen LogP contribution in [0.1, 0.15) is 55.2 Å². The van der Waals surface area contributed by atoms with Gasteiger partial charge in [-0.15, -0.1) is 0 Å². The maximum atomic E-state index is 13.5. The lowest BCUT2D eigenvalue weighted by atomic mass is 9.99. The fourth-order valence-electron chi connectivity index (χ4n) is 5.30. The number of carbonyl (C=O) groups excluding carboxylic acids is 1. The number of hydrogen-bond donors (Lipinski definition) is 0. The maximum Gasteiger partial charge on any atom is 0.227 e. The summed E-state index contributed by atoms with van der Waals surface area (Å²) in [6, 6.07) is 16.8. The van der Waals surface area contributed by atoms with Gasteiger partial charge in [-0.1, -0.05) is 54.8 Å². The van der Waals surface area contributed by atoms with Gasteiger partial charge in [-0.3, -0.25) is 4.79 Å². The van der Waals surface area contributed by atoms with E-state index in [0.717, 1.165) is 43.2 Å². The van der Waals surface area contributed by atoms with Crippen molar-refractivity contribution in [2.24, 2.45) is 5.92 Å². The highest BCUT2D eigenvalue weighted by molar-refractivity contribution is 5.79. The first-order chi connectivity index (χ1) is 15.6. The average molecular weight is 435 g/mol. The molecule has 1 aliphatic heterocycles. The van der Waals surface area contributed by atoms with Gasteiger partial charge >= 0.3 is 0 Å². The Labute approximate surface area is 193 Å². The van der Waals surface area contributed by atoms with Gasteiger partial charge in [-0.25, -0.2) is 0 Å². The first-order valence-electron chi connectivity index (χ1n) is 12.3. The second-order valence-corrected chi connectivity index (χ2v) is 9.71. The van der Waals surface area contributed by atoms with Crippen molar-refractivity contribution in [1.82, 2.24) is 9.80 Å². The van der Waals surface area contributed by atoms with E-state index in [0.29, 0.717) is 19.0 Å². The number of ether oxygens (including phenoxy) is 1. The highest BCUT2D eigenvalue weighted by Gasteiger charge is 2.29. The summed E-state index contributed by atoms with van der Waals surface area (Å²) in [5.74, 6) is 1.95. The summed E-state index contributed by atoms with van der Waals surface area (Å²) in [7, 11) is 1.67. The standard InChI is InChI=1S/C28H38N2O2/c1-22-7-9-25(10-8-22)21-30(28(31)19-23-11-13-27(32-2)14-12-23)26-15-17-29(18-16-26)20-24-5-3-4-6-24/h7-14,24,26H,3-6,15-21H2,1-2H3. The molecule has 1 amide bonds. The summed E-state index contributed by atoms with van der Waals surface area (Å²) < 4.78 is 5.26. The van der Waals surface area contributed by atoms with Gasteiger partial charge in [0.1, 0.15) is 5.75 Å². The number of nitrogens with zero attached hydrogens (tertiary/aromatic N) is 2. The molecule has 2 aliphatic rings. The molecule has 0 aromatic heterocycles. The molecular formula is C28H38N2O2. The van der Waals surface area contributed by atoms with E-state index in [1.54, 1.807) is 7.11 Å². The average Bonchev–Trinajstić information content (AvgIpc) is 3.33. The van der Waals surface area contributed by atoms with E-state index in [1.807, 2.05) is 24.3 Å². The third-order valence-electron chi connectivity index (χ3n) is 7.30. The molecule has 0 bridgehead atoms. The molecule has 2 aromatic carbocycles. The second kappa shape index (κ2) is 11.0. The Kier molecular flexibility index (Phi) is 7.85. The van der Waals surface area contributed by atoms with E-state index in [4.69, 9.17) is 4.74 Å². The van der Waals surface area contributed by atoms with Crippen LogP contribution in [-0.2, 0) is 17.8 Å². The highest BCUT2D eigenvalue weighted by atomic mass is 16.5. The van der Waals surface area contributed by atoms with Crippen LogP contribution in [0.15, 0.2) is 48.5 Å². The number of amides is 1. The molecule has 1 heterocycles. The van der Waals surface area contributed by atoms with E-state index in [2.05, 4.69) is 41.0 Å². The third-order valence-corrected chi connectivity index (χ3v) is 7.30. The Hall–Kier alpha value is -2.33. The molecule has 1 aliphatic carbocycles. The van der Waals surface area contributed by atoms with Crippen LogP contribution in [0, 0.1) is 12.8 Å². The van der Waals surface area contributed by atoms with Crippen LogP contribution >= 0.6 is 0 Å². The number of aryl methyl sites for hydroxylation is 1. The molecule has 4 rings (SSSR count). The molecule has 32 heavy (non-hydrogen) atoms. The predicted octanol–water partition coefficient (Wildman–Crippen LogP) is 5.23. The number of likely N-dealkylation sites (tertiary alicyclic amines) is 1. The Morgan fingerprint density at radius 3 is 2.19 bits per heavy atom. The van der Waals surface area contributed by atoms with E-state index in [-0.39, 0.29) is 5.91 Å². The molecule has 4 nitrogen and oxygen atoms in total. The summed E-state index contributed by atoms with van der Waals surface area (Å²) in [6.45, 7) is 6.28. The van der Waals surface area contributed by atoms with Gasteiger partial charge in [0, 0.05) is 32.2 Å². The van der Waals surface area contributed by atoms with Crippen molar-refractivity contribution in [3.8, 4) is 5.75 Å². The van der Waals surface area contributed by atoms with E-state index in [9.17, 15) is 4.79 Å². The number of benzene rings is 2. The van der Waals surface area contributed by atoms with Gasteiger partial charge in [0.05, 0.1) is 13.5 Å². The minimum absolute atomic E-state index is 0.227. The van der Waals surface area contributed by atoms with Gasteiger partial charge in [-0.05, 0) is 61.8 Å². The zero-order valence-corrected chi connectivity index (χ0v) is 19.8. The lowest BCUT2D eigenvalue weighted by Gasteiger charge is -2.39. The van der Waals surface area contributed by atoms with Crippen molar-refractivity contribution in [1.29, 1.82) is 0 Å². The van der Waals surface area contributed by atoms with Gasteiger partial charge in [-0.2, -0.15) is 0 Å².